The number of hydrogen-bond donors (Lipinski definition) is 7. The molecule has 1 aromatic rings. The number of aliphatic hydroxyl groups is 3. The fourth-order valence-electron chi connectivity index (χ4n) is 3.12. The Morgan fingerprint density at radius 2 is 1.66 bits per heavy atom. The van der Waals surface area contributed by atoms with Crippen molar-refractivity contribution in [1.82, 2.24) is 5.32 Å². The molecule has 1 fully saturated rings. The van der Waals surface area contributed by atoms with Crippen molar-refractivity contribution in [2.24, 2.45) is 0 Å². The molecule has 1 aliphatic heterocycles. The molecule has 0 radical (unpaired) electrons. The first-order valence-corrected chi connectivity index (χ1v) is 11.2. The van der Waals surface area contributed by atoms with Gasteiger partial charge in [-0.3, -0.25) is 4.57 Å². The van der Waals surface area contributed by atoms with Gasteiger partial charge in [-0.2, -0.15) is 0 Å². The summed E-state index contributed by atoms with van der Waals surface area (Å²) in [5.41, 5.74) is 1.33. The molecule has 1 saturated heterocycles. The highest BCUT2D eigenvalue weighted by atomic mass is 31.2. The van der Waals surface area contributed by atoms with Crippen LogP contribution in [0.3, 0.4) is 0 Å². The number of hydrogen-bond acceptors (Lipinski definition) is 6. The van der Waals surface area contributed by atoms with Crippen molar-refractivity contribution in [3.63, 3.8) is 0 Å². The van der Waals surface area contributed by atoms with E-state index in [9.17, 15) is 24.7 Å². The van der Waals surface area contributed by atoms with E-state index in [1.807, 2.05) is 13.8 Å². The van der Waals surface area contributed by atoms with Crippen LogP contribution in [0, 0.1) is 0 Å². The molecule has 7 N–H and O–H groups in total. The van der Waals surface area contributed by atoms with E-state index in [0.29, 0.717) is 5.69 Å². The molecule has 0 unspecified atom stereocenters. The normalized spacial score (nSPS) is 27.7. The molecular weight excluding hydrogens is 403 g/mol. The lowest BCUT2D eigenvalue weighted by molar-refractivity contribution is -0.221. The number of amides is 2. The van der Waals surface area contributed by atoms with Crippen LogP contribution < -0.4 is 10.6 Å². The Labute approximate surface area is 169 Å². The molecule has 0 spiro atoms. The van der Waals surface area contributed by atoms with Gasteiger partial charge in [-0.15, -0.1) is 0 Å². The van der Waals surface area contributed by atoms with E-state index < -0.39 is 44.3 Å². The number of rotatable bonds is 7. The van der Waals surface area contributed by atoms with Crippen molar-refractivity contribution in [3.8, 4) is 0 Å². The third kappa shape index (κ3) is 7.35. The quantitative estimate of drug-likeness (QED) is 0.299. The van der Waals surface area contributed by atoms with E-state index in [-0.39, 0.29) is 24.9 Å². The minimum absolute atomic E-state index is 0.000456. The number of benzene rings is 1. The number of carbonyl (C=O) groups is 1. The van der Waals surface area contributed by atoms with Gasteiger partial charge in [-0.25, -0.2) is 4.79 Å². The number of ether oxygens (including phenoxy) is 1. The third-order valence-electron chi connectivity index (χ3n) is 4.58. The van der Waals surface area contributed by atoms with E-state index in [2.05, 4.69) is 10.6 Å². The zero-order valence-corrected chi connectivity index (χ0v) is 17.2. The van der Waals surface area contributed by atoms with Crippen LogP contribution in [0.5, 0.6) is 0 Å². The first-order valence-electron chi connectivity index (χ1n) is 9.37. The van der Waals surface area contributed by atoms with Gasteiger partial charge in [-0.05, 0) is 38.0 Å². The Kier molecular flexibility index (Phi) is 8.18. The Hall–Kier alpha value is -1.52. The van der Waals surface area contributed by atoms with Crippen molar-refractivity contribution in [3.05, 3.63) is 29.8 Å². The Morgan fingerprint density at radius 1 is 1.07 bits per heavy atom. The summed E-state index contributed by atoms with van der Waals surface area (Å²) in [5, 5.41) is 35.7. The van der Waals surface area contributed by atoms with Crippen molar-refractivity contribution in [2.75, 3.05) is 11.5 Å². The van der Waals surface area contributed by atoms with Crippen LogP contribution in [0.15, 0.2) is 24.3 Å². The van der Waals surface area contributed by atoms with Crippen LogP contribution in [0.1, 0.15) is 25.8 Å². The highest BCUT2D eigenvalue weighted by Crippen LogP contribution is 2.37. The van der Waals surface area contributed by atoms with Gasteiger partial charge in [0.1, 0.15) is 18.3 Å². The molecule has 2 amide bonds. The molecule has 11 heteroatoms. The van der Waals surface area contributed by atoms with Crippen LogP contribution in [0.25, 0.3) is 0 Å². The summed E-state index contributed by atoms with van der Waals surface area (Å²) < 4.78 is 16.7. The SMILES string of the molecule is CC(C)NC(=O)Nc1ccc(C[C@H]2O[C@H](CCP(=O)(O)O)[C@@H](O)[C@H](O)[C@@H]2O)cc1. The largest absolute Gasteiger partial charge is 0.388 e. The summed E-state index contributed by atoms with van der Waals surface area (Å²) in [7, 11) is -4.28. The second kappa shape index (κ2) is 9.99. The van der Waals surface area contributed by atoms with E-state index >= 15 is 0 Å². The Bertz CT molecular complexity index is 723. The van der Waals surface area contributed by atoms with Crippen molar-refractivity contribution < 1.29 is 39.2 Å². The topological polar surface area (TPSA) is 169 Å². The minimum atomic E-state index is -4.28. The maximum Gasteiger partial charge on any atom is 0.325 e. The molecule has 0 aliphatic carbocycles. The van der Waals surface area contributed by atoms with Gasteiger partial charge in [0.05, 0.1) is 18.4 Å². The lowest BCUT2D eigenvalue weighted by atomic mass is 9.90. The van der Waals surface area contributed by atoms with Crippen LogP contribution in [-0.4, -0.2) is 73.9 Å². The fourth-order valence-corrected chi connectivity index (χ4v) is 3.71. The highest BCUT2D eigenvalue weighted by Gasteiger charge is 2.43. The van der Waals surface area contributed by atoms with Gasteiger partial charge in [0, 0.05) is 18.2 Å². The zero-order valence-electron chi connectivity index (χ0n) is 16.3. The second-order valence-electron chi connectivity index (χ2n) is 7.52. The summed E-state index contributed by atoms with van der Waals surface area (Å²) in [4.78, 5) is 29.8. The molecule has 1 aromatic carbocycles. The lowest BCUT2D eigenvalue weighted by Gasteiger charge is -2.41. The van der Waals surface area contributed by atoms with Crippen molar-refractivity contribution >= 4 is 19.3 Å². The highest BCUT2D eigenvalue weighted by molar-refractivity contribution is 7.51. The van der Waals surface area contributed by atoms with E-state index in [0.717, 1.165) is 5.56 Å². The lowest BCUT2D eigenvalue weighted by Crippen LogP contribution is -2.58. The van der Waals surface area contributed by atoms with Crippen molar-refractivity contribution in [2.45, 2.75) is 63.3 Å². The number of urea groups is 1. The monoisotopic (exact) mass is 432 g/mol. The predicted molar refractivity (Wildman–Crippen MR) is 106 cm³/mol. The third-order valence-corrected chi connectivity index (χ3v) is 5.43. The van der Waals surface area contributed by atoms with E-state index in [1.165, 1.54) is 0 Å². The van der Waals surface area contributed by atoms with Gasteiger partial charge in [0.25, 0.3) is 0 Å². The maximum atomic E-state index is 11.7. The molecule has 0 bridgehead atoms. The molecule has 10 nitrogen and oxygen atoms in total. The summed E-state index contributed by atoms with van der Waals surface area (Å²) in [6, 6.07) is 6.48. The van der Waals surface area contributed by atoms with Crippen LogP contribution in [-0.2, 0) is 15.7 Å². The number of nitrogens with one attached hydrogen (secondary N) is 2. The van der Waals surface area contributed by atoms with Gasteiger partial charge in [-0.1, -0.05) is 12.1 Å². The minimum Gasteiger partial charge on any atom is -0.388 e. The molecule has 164 valence electrons. The average molecular weight is 432 g/mol. The van der Waals surface area contributed by atoms with Gasteiger partial charge < -0.3 is 40.5 Å². The summed E-state index contributed by atoms with van der Waals surface area (Å²) >= 11 is 0. The van der Waals surface area contributed by atoms with Gasteiger partial charge in [0.2, 0.25) is 0 Å². The molecule has 2 rings (SSSR count). The standard InChI is InChI=1S/C18H29N2O8P/c1-10(2)19-18(24)20-12-5-3-11(4-6-12)9-14-16(22)17(23)15(21)13(28-14)7-8-29(25,26)27/h3-6,10,13-17,21-23H,7-9H2,1-2H3,(H2,19,20,24)(H2,25,26,27)/t13-,14-,15-,16-,17+/m1/s1. The zero-order chi connectivity index (χ0) is 21.8. The smallest absolute Gasteiger partial charge is 0.325 e. The first-order chi connectivity index (χ1) is 13.5. The Balaban J connectivity index is 1.99. The van der Waals surface area contributed by atoms with Crippen LogP contribution in [0.4, 0.5) is 10.5 Å². The molecule has 0 saturated carbocycles. The van der Waals surface area contributed by atoms with E-state index in [1.54, 1.807) is 24.3 Å². The molecule has 1 aliphatic rings. The van der Waals surface area contributed by atoms with Gasteiger partial charge in [0.15, 0.2) is 0 Å². The molecule has 29 heavy (non-hydrogen) atoms. The summed E-state index contributed by atoms with van der Waals surface area (Å²) in [6.07, 6.45) is -6.61. The summed E-state index contributed by atoms with van der Waals surface area (Å²) in [5.74, 6) is 0. The molecule has 1 heterocycles. The maximum absolute atomic E-state index is 11.7. The Morgan fingerprint density at radius 3 is 2.21 bits per heavy atom. The molecule has 0 aromatic heterocycles. The first kappa shape index (κ1) is 23.8. The second-order valence-corrected chi connectivity index (χ2v) is 9.29. The predicted octanol–water partition coefficient (Wildman–Crippen LogP) is 0.177. The number of carbonyl (C=O) groups excluding carboxylic acids is 1. The number of anilines is 1. The summed E-state index contributed by atoms with van der Waals surface area (Å²) in [6.45, 7) is 3.69. The fraction of sp³-hybridized carbons (Fsp3) is 0.611. The van der Waals surface area contributed by atoms with E-state index in [4.69, 9.17) is 14.5 Å². The average Bonchev–Trinajstić information content (AvgIpc) is 2.61. The van der Waals surface area contributed by atoms with Crippen LogP contribution in [0.2, 0.25) is 0 Å². The molecule has 5 atom stereocenters. The number of aliphatic hydroxyl groups excluding tert-OH is 3. The van der Waals surface area contributed by atoms with Gasteiger partial charge >= 0.3 is 13.6 Å². The van der Waals surface area contributed by atoms with Crippen molar-refractivity contribution in [1.29, 1.82) is 0 Å². The van der Waals surface area contributed by atoms with Crippen LogP contribution >= 0.6 is 7.60 Å². The molecular formula is C18H29N2O8P.